The molecule has 2 aromatic rings. The van der Waals surface area contributed by atoms with E-state index in [2.05, 4.69) is 39.7 Å². The SMILES string of the molecule is C=CCOc1ccccc1/C=N/NC(=O)COc1ccc(I)cc1. The molecule has 0 aliphatic carbocycles. The molecule has 0 unspecified atom stereocenters. The number of rotatable bonds is 8. The second-order valence-electron chi connectivity index (χ2n) is 4.67. The zero-order valence-corrected chi connectivity index (χ0v) is 15.1. The minimum absolute atomic E-state index is 0.105. The monoisotopic (exact) mass is 436 g/mol. The second-order valence-corrected chi connectivity index (χ2v) is 5.92. The number of carbonyl (C=O) groups is 1. The van der Waals surface area contributed by atoms with E-state index in [1.807, 2.05) is 48.5 Å². The van der Waals surface area contributed by atoms with Crippen LogP contribution in [-0.2, 0) is 4.79 Å². The third-order valence-corrected chi connectivity index (χ3v) is 3.57. The summed E-state index contributed by atoms with van der Waals surface area (Å²) >= 11 is 2.20. The predicted octanol–water partition coefficient (Wildman–Crippen LogP) is 3.39. The van der Waals surface area contributed by atoms with Crippen LogP contribution in [0.2, 0.25) is 0 Å². The maximum absolute atomic E-state index is 11.7. The van der Waals surface area contributed by atoms with Crippen molar-refractivity contribution in [1.82, 2.24) is 5.43 Å². The van der Waals surface area contributed by atoms with E-state index >= 15 is 0 Å². The molecule has 0 fully saturated rings. The second kappa shape index (κ2) is 9.71. The van der Waals surface area contributed by atoms with Crippen LogP contribution in [0, 0.1) is 3.57 Å². The summed E-state index contributed by atoms with van der Waals surface area (Å²) in [5, 5.41) is 3.93. The van der Waals surface area contributed by atoms with Crippen LogP contribution in [-0.4, -0.2) is 25.3 Å². The van der Waals surface area contributed by atoms with Crippen LogP contribution in [0.15, 0.2) is 66.3 Å². The van der Waals surface area contributed by atoms with Gasteiger partial charge in [0, 0.05) is 9.13 Å². The Morgan fingerprint density at radius 3 is 2.67 bits per heavy atom. The summed E-state index contributed by atoms with van der Waals surface area (Å²) in [6, 6.07) is 14.8. The van der Waals surface area contributed by atoms with Crippen molar-refractivity contribution >= 4 is 34.7 Å². The largest absolute Gasteiger partial charge is 0.489 e. The number of nitrogens with one attached hydrogen (secondary N) is 1. The molecule has 0 aromatic heterocycles. The zero-order chi connectivity index (χ0) is 17.2. The number of halogens is 1. The molecule has 1 amide bonds. The summed E-state index contributed by atoms with van der Waals surface area (Å²) in [5.41, 5.74) is 3.19. The Morgan fingerprint density at radius 2 is 1.92 bits per heavy atom. The van der Waals surface area contributed by atoms with Crippen molar-refractivity contribution in [2.75, 3.05) is 13.2 Å². The summed E-state index contributed by atoms with van der Waals surface area (Å²) < 4.78 is 12.0. The highest BCUT2D eigenvalue weighted by Crippen LogP contribution is 2.15. The Morgan fingerprint density at radius 1 is 1.17 bits per heavy atom. The molecule has 0 radical (unpaired) electrons. The van der Waals surface area contributed by atoms with Gasteiger partial charge in [0.1, 0.15) is 18.1 Å². The van der Waals surface area contributed by atoms with Crippen molar-refractivity contribution in [3.05, 3.63) is 70.3 Å². The minimum Gasteiger partial charge on any atom is -0.489 e. The first-order valence-corrected chi connectivity index (χ1v) is 8.30. The molecule has 0 atom stereocenters. The third-order valence-electron chi connectivity index (χ3n) is 2.85. The molecule has 2 aromatic carbocycles. The van der Waals surface area contributed by atoms with E-state index in [1.165, 1.54) is 6.21 Å². The summed E-state index contributed by atoms with van der Waals surface area (Å²) in [5.74, 6) is 0.970. The average Bonchev–Trinajstić information content (AvgIpc) is 2.60. The van der Waals surface area contributed by atoms with E-state index < -0.39 is 0 Å². The van der Waals surface area contributed by atoms with E-state index in [0.717, 1.165) is 9.13 Å². The Labute approximate surface area is 154 Å². The van der Waals surface area contributed by atoms with Gasteiger partial charge in [-0.05, 0) is 59.0 Å². The zero-order valence-electron chi connectivity index (χ0n) is 12.9. The van der Waals surface area contributed by atoms with Gasteiger partial charge in [0.2, 0.25) is 0 Å². The molecule has 0 spiro atoms. The number of ether oxygens (including phenoxy) is 2. The van der Waals surface area contributed by atoms with Crippen LogP contribution in [0.4, 0.5) is 0 Å². The normalized spacial score (nSPS) is 10.4. The Balaban J connectivity index is 1.83. The summed E-state index contributed by atoms with van der Waals surface area (Å²) in [7, 11) is 0. The molecular weight excluding hydrogens is 419 g/mol. The van der Waals surface area contributed by atoms with Crippen LogP contribution < -0.4 is 14.9 Å². The van der Waals surface area contributed by atoms with Crippen LogP contribution in [0.5, 0.6) is 11.5 Å². The van der Waals surface area contributed by atoms with Crippen molar-refractivity contribution in [2.24, 2.45) is 5.10 Å². The van der Waals surface area contributed by atoms with Crippen molar-refractivity contribution in [1.29, 1.82) is 0 Å². The van der Waals surface area contributed by atoms with Gasteiger partial charge >= 0.3 is 0 Å². The fourth-order valence-corrected chi connectivity index (χ4v) is 2.11. The van der Waals surface area contributed by atoms with Gasteiger partial charge in [-0.2, -0.15) is 5.10 Å². The lowest BCUT2D eigenvalue weighted by atomic mass is 10.2. The fourth-order valence-electron chi connectivity index (χ4n) is 1.75. The third kappa shape index (κ3) is 6.04. The van der Waals surface area contributed by atoms with Crippen LogP contribution >= 0.6 is 22.6 Å². The number of para-hydroxylation sites is 1. The average molecular weight is 436 g/mol. The highest BCUT2D eigenvalue weighted by Gasteiger charge is 2.02. The van der Waals surface area contributed by atoms with Crippen molar-refractivity contribution in [3.8, 4) is 11.5 Å². The Hall–Kier alpha value is -2.35. The van der Waals surface area contributed by atoms with Gasteiger partial charge in [-0.3, -0.25) is 4.79 Å². The number of nitrogens with zero attached hydrogens (tertiary/aromatic N) is 1. The molecule has 1 N–H and O–H groups in total. The van der Waals surface area contributed by atoms with E-state index in [0.29, 0.717) is 18.1 Å². The first-order chi connectivity index (χ1) is 11.7. The molecule has 124 valence electrons. The van der Waals surface area contributed by atoms with Crippen LogP contribution in [0.1, 0.15) is 5.56 Å². The number of hydrogen-bond donors (Lipinski definition) is 1. The van der Waals surface area contributed by atoms with E-state index in [4.69, 9.17) is 9.47 Å². The molecule has 6 heteroatoms. The lowest BCUT2D eigenvalue weighted by Crippen LogP contribution is -2.24. The van der Waals surface area contributed by atoms with Gasteiger partial charge in [-0.25, -0.2) is 5.43 Å². The topological polar surface area (TPSA) is 59.9 Å². The van der Waals surface area contributed by atoms with Gasteiger partial charge in [-0.1, -0.05) is 24.8 Å². The van der Waals surface area contributed by atoms with Crippen molar-refractivity contribution in [2.45, 2.75) is 0 Å². The highest BCUT2D eigenvalue weighted by atomic mass is 127. The number of benzene rings is 2. The molecular formula is C18H17IN2O3. The lowest BCUT2D eigenvalue weighted by molar-refractivity contribution is -0.123. The number of amides is 1. The minimum atomic E-state index is -0.339. The first-order valence-electron chi connectivity index (χ1n) is 7.22. The number of hydrogen-bond acceptors (Lipinski definition) is 4. The van der Waals surface area contributed by atoms with Crippen LogP contribution in [0.25, 0.3) is 0 Å². The molecule has 0 aliphatic rings. The van der Waals surface area contributed by atoms with Crippen LogP contribution in [0.3, 0.4) is 0 Å². The van der Waals surface area contributed by atoms with E-state index in [-0.39, 0.29) is 12.5 Å². The van der Waals surface area contributed by atoms with Crippen molar-refractivity contribution < 1.29 is 14.3 Å². The quantitative estimate of drug-likeness (QED) is 0.299. The highest BCUT2D eigenvalue weighted by molar-refractivity contribution is 14.1. The van der Waals surface area contributed by atoms with Crippen molar-refractivity contribution in [3.63, 3.8) is 0 Å². The van der Waals surface area contributed by atoms with E-state index in [9.17, 15) is 4.79 Å². The van der Waals surface area contributed by atoms with E-state index in [1.54, 1.807) is 6.08 Å². The van der Waals surface area contributed by atoms with Gasteiger partial charge in [-0.15, -0.1) is 0 Å². The van der Waals surface area contributed by atoms with Gasteiger partial charge in [0.25, 0.3) is 5.91 Å². The molecule has 0 heterocycles. The maximum atomic E-state index is 11.7. The smallest absolute Gasteiger partial charge is 0.277 e. The van der Waals surface area contributed by atoms with Gasteiger partial charge in [0.05, 0.1) is 6.21 Å². The Kier molecular flexibility index (Phi) is 7.28. The molecule has 24 heavy (non-hydrogen) atoms. The number of hydrazone groups is 1. The molecule has 0 saturated carbocycles. The summed E-state index contributed by atoms with van der Waals surface area (Å²) in [6.45, 7) is 3.91. The lowest BCUT2D eigenvalue weighted by Gasteiger charge is -2.06. The molecule has 0 bridgehead atoms. The van der Waals surface area contributed by atoms with Gasteiger partial charge in [0.15, 0.2) is 6.61 Å². The fraction of sp³-hybridized carbons (Fsp3) is 0.111. The number of carbonyl (C=O) groups excluding carboxylic acids is 1. The maximum Gasteiger partial charge on any atom is 0.277 e. The van der Waals surface area contributed by atoms with Gasteiger partial charge < -0.3 is 9.47 Å². The molecule has 0 aliphatic heterocycles. The predicted molar refractivity (Wildman–Crippen MR) is 103 cm³/mol. The summed E-state index contributed by atoms with van der Waals surface area (Å²) in [6.07, 6.45) is 3.19. The summed E-state index contributed by atoms with van der Waals surface area (Å²) in [4.78, 5) is 11.7. The molecule has 5 nitrogen and oxygen atoms in total. The molecule has 0 saturated heterocycles. The Bertz CT molecular complexity index is 714. The molecule has 2 rings (SSSR count). The standard InChI is InChI=1S/C18H17IN2O3/c1-2-11-23-17-6-4-3-5-14(17)12-20-21-18(22)13-24-16-9-7-15(19)8-10-16/h2-10,12H,1,11,13H2,(H,21,22)/b20-12+. The first kappa shape index (κ1) is 18.0.